The van der Waals surface area contributed by atoms with Crippen molar-refractivity contribution in [3.8, 4) is 0 Å². The Morgan fingerprint density at radius 1 is 1.27 bits per heavy atom. The molecule has 0 fully saturated rings. The summed E-state index contributed by atoms with van der Waals surface area (Å²) >= 11 is -1.03. The van der Waals surface area contributed by atoms with Gasteiger partial charge in [0.05, 0.1) is 0 Å². The van der Waals surface area contributed by atoms with Crippen LogP contribution >= 0.6 is 0 Å². The fourth-order valence-electron chi connectivity index (χ4n) is 1.77. The molecule has 0 aromatic heterocycles. The summed E-state index contributed by atoms with van der Waals surface area (Å²) < 4.78 is 1.75. The number of hydrogen-bond donors (Lipinski definition) is 0. The van der Waals surface area contributed by atoms with Crippen LogP contribution in [-0.2, 0) is 6.04 Å². The maximum absolute atomic E-state index is 2.47. The first kappa shape index (κ1) is 18.7. The summed E-state index contributed by atoms with van der Waals surface area (Å²) in [6.07, 6.45) is 0. The Balaban J connectivity index is 0. The summed E-state index contributed by atoms with van der Waals surface area (Å²) in [5.74, 6) is 4.94. The van der Waals surface area contributed by atoms with E-state index in [4.69, 9.17) is 0 Å². The first-order valence-electron chi connectivity index (χ1n) is 5.14. The van der Waals surface area contributed by atoms with Crippen molar-refractivity contribution in [2.75, 3.05) is 0 Å². The minimum Gasteiger partial charge on any atom is 0 e. The molecular weight excluding hydrogens is 247 g/mol. The molecule has 1 aromatic rings. The molecule has 0 unspecified atom stereocenters. The predicted molar refractivity (Wildman–Crippen MR) is 73.4 cm³/mol. The summed E-state index contributed by atoms with van der Waals surface area (Å²) in [6.45, 7) is 7.37. The Morgan fingerprint density at radius 2 is 1.80 bits per heavy atom. The van der Waals surface area contributed by atoms with Gasteiger partial charge < -0.3 is 0 Å². The summed E-state index contributed by atoms with van der Waals surface area (Å²) in [7, 11) is -0.909. The van der Waals surface area contributed by atoms with Gasteiger partial charge in [0.15, 0.2) is 0 Å². The van der Waals surface area contributed by atoms with Gasteiger partial charge in [-0.15, -0.1) is 0 Å². The Hall–Kier alpha value is 1.30. The molecule has 0 saturated carbocycles. The third kappa shape index (κ3) is 6.57. The zero-order valence-electron chi connectivity index (χ0n) is 11.5. The average Bonchev–Trinajstić information content (AvgIpc) is 2.31. The summed E-state index contributed by atoms with van der Waals surface area (Å²) in [6, 6.07) is 8.33. The predicted octanol–water partition coefficient (Wildman–Crippen LogP) is -0.858. The van der Waals surface area contributed by atoms with E-state index in [1.165, 1.54) is 6.04 Å². The monoisotopic (exact) mass is 269 g/mol. The molecule has 0 saturated heterocycles. The molecule has 1 radical (unpaired) electrons. The maximum Gasteiger partial charge on any atom is 1.00 e. The third-order valence-corrected chi connectivity index (χ3v) is 7.52. The molecule has 0 nitrogen and oxygen atoms in total. The molecule has 0 aliphatic heterocycles. The van der Waals surface area contributed by atoms with Gasteiger partial charge in [-0.05, 0) is 0 Å². The quantitative estimate of drug-likeness (QED) is 0.494. The van der Waals surface area contributed by atoms with Gasteiger partial charge in [0.2, 0.25) is 0 Å². The van der Waals surface area contributed by atoms with Gasteiger partial charge in [0.1, 0.15) is 0 Å². The minimum absolute atomic E-state index is 0. The van der Waals surface area contributed by atoms with Gasteiger partial charge in [0, 0.05) is 18.9 Å². The van der Waals surface area contributed by atoms with Gasteiger partial charge in [-0.1, -0.05) is 0 Å². The van der Waals surface area contributed by atoms with Gasteiger partial charge in [-0.2, -0.15) is 0 Å². The second-order valence-electron chi connectivity index (χ2n) is 5.40. The Kier molecular flexibility index (Phi) is 9.45. The first-order chi connectivity index (χ1) is 5.90. The van der Waals surface area contributed by atoms with Crippen molar-refractivity contribution in [2.24, 2.45) is 0 Å². The fourth-order valence-corrected chi connectivity index (χ4v) is 6.67. The molecule has 0 heterocycles. The van der Waals surface area contributed by atoms with E-state index in [0.717, 1.165) is 0 Å². The van der Waals surface area contributed by atoms with Gasteiger partial charge in [-0.3, -0.25) is 0 Å². The van der Waals surface area contributed by atoms with Crippen LogP contribution in [0.4, 0.5) is 0 Å². The second kappa shape index (κ2) is 7.60. The molecule has 1 rings (SSSR count). The molecule has 4 heteroatoms. The van der Waals surface area contributed by atoms with Crippen molar-refractivity contribution < 1.29 is 18.9 Å². The third-order valence-electron chi connectivity index (χ3n) is 2.29. The number of hydrogen-bond acceptors (Lipinski definition) is 0. The molecule has 0 N–H and O–H groups in total. The SMILES string of the molecule is [CH3][GeH]([CH3])[c]1ccc[c-]1C[Si](C)(C)C.[Li+].[Li]. The smallest absolute Gasteiger partial charge is 0 e. The molecule has 0 aliphatic rings. The van der Waals surface area contributed by atoms with Crippen molar-refractivity contribution >= 4 is 45.7 Å². The van der Waals surface area contributed by atoms with Crippen molar-refractivity contribution in [1.29, 1.82) is 0 Å². The normalized spacial score (nSPS) is 10.8. The zero-order valence-corrected chi connectivity index (χ0v) is 14.9. The molecule has 0 bridgehead atoms. The van der Waals surface area contributed by atoms with Crippen LogP contribution in [-0.4, -0.2) is 41.3 Å². The van der Waals surface area contributed by atoms with Gasteiger partial charge in [0.25, 0.3) is 0 Å². The van der Waals surface area contributed by atoms with Crippen LogP contribution in [0.5, 0.6) is 0 Å². The van der Waals surface area contributed by atoms with E-state index in [9.17, 15) is 0 Å². The van der Waals surface area contributed by atoms with E-state index in [2.05, 4.69) is 49.4 Å². The van der Waals surface area contributed by atoms with Crippen LogP contribution in [0.2, 0.25) is 31.2 Å². The van der Waals surface area contributed by atoms with Crippen molar-refractivity contribution in [2.45, 2.75) is 37.2 Å². The standard InChI is InChI=1S/C11H21GeSi.2Li/c1-12(2)11-8-6-7-10(11)9-13(3,4)5;;/h6-8,12H,9H2,1-5H3;;/q-1;;+1. The molecule has 0 spiro atoms. The van der Waals surface area contributed by atoms with E-state index in [1.807, 2.05) is 0 Å². The second-order valence-corrected chi connectivity index (χ2v) is 17.0. The van der Waals surface area contributed by atoms with Crippen molar-refractivity contribution in [3.05, 3.63) is 23.8 Å². The van der Waals surface area contributed by atoms with E-state index in [0.29, 0.717) is 0 Å². The molecular formula is C11H21GeLi2Si. The van der Waals surface area contributed by atoms with Gasteiger partial charge in [-0.25, -0.2) is 0 Å². The molecule has 15 heavy (non-hydrogen) atoms. The van der Waals surface area contributed by atoms with Crippen LogP contribution in [0, 0.1) is 0 Å². The van der Waals surface area contributed by atoms with Crippen LogP contribution in [0.1, 0.15) is 5.56 Å². The summed E-state index contributed by atoms with van der Waals surface area (Å²) in [5.41, 5.74) is 1.68. The molecule has 1 aromatic carbocycles. The maximum atomic E-state index is 2.47. The Bertz CT molecular complexity index is 276. The summed E-state index contributed by atoms with van der Waals surface area (Å²) in [5, 5.41) is 0. The van der Waals surface area contributed by atoms with E-state index < -0.39 is 22.4 Å². The molecule has 0 amide bonds. The molecule has 75 valence electrons. The molecule has 0 aliphatic carbocycles. The fraction of sp³-hybridized carbons (Fsp3) is 0.545. The van der Waals surface area contributed by atoms with Crippen LogP contribution in [0.3, 0.4) is 0 Å². The Morgan fingerprint density at radius 3 is 2.20 bits per heavy atom. The topological polar surface area (TPSA) is 0 Å². The van der Waals surface area contributed by atoms with E-state index in [1.54, 1.807) is 9.96 Å². The summed E-state index contributed by atoms with van der Waals surface area (Å²) in [4.78, 5) is 0. The van der Waals surface area contributed by atoms with E-state index in [-0.39, 0.29) is 37.7 Å². The van der Waals surface area contributed by atoms with Crippen LogP contribution < -0.4 is 23.3 Å². The zero-order chi connectivity index (χ0) is 10.1. The van der Waals surface area contributed by atoms with Gasteiger partial charge >= 0.3 is 107 Å². The van der Waals surface area contributed by atoms with Crippen LogP contribution in [0.15, 0.2) is 18.2 Å². The van der Waals surface area contributed by atoms with E-state index >= 15 is 0 Å². The average molecular weight is 268 g/mol. The van der Waals surface area contributed by atoms with Crippen LogP contribution in [0.25, 0.3) is 0 Å². The van der Waals surface area contributed by atoms with Crippen molar-refractivity contribution in [3.63, 3.8) is 0 Å². The largest absolute Gasteiger partial charge is 1.00 e. The minimum atomic E-state index is -1.03. The first-order valence-corrected chi connectivity index (χ1v) is 14.9. The Labute approximate surface area is 124 Å². The number of rotatable bonds is 3. The molecule has 0 atom stereocenters. The van der Waals surface area contributed by atoms with Crippen molar-refractivity contribution in [1.82, 2.24) is 0 Å².